The molecule has 0 saturated carbocycles. The lowest BCUT2D eigenvalue weighted by Gasteiger charge is -2.14. The van der Waals surface area contributed by atoms with Crippen molar-refractivity contribution in [2.75, 3.05) is 0 Å². The number of hydrogen-bond acceptors (Lipinski definition) is 2. The first kappa shape index (κ1) is 34.5. The van der Waals surface area contributed by atoms with Crippen molar-refractivity contribution in [1.29, 1.82) is 0 Å². The molecule has 0 amide bonds. The van der Waals surface area contributed by atoms with Crippen molar-refractivity contribution in [2.24, 2.45) is 0 Å². The molecule has 3 heterocycles. The molecule has 0 aliphatic rings. The summed E-state index contributed by atoms with van der Waals surface area (Å²) in [5, 5.41) is 12.4. The van der Waals surface area contributed by atoms with Crippen LogP contribution in [0.5, 0.6) is 0 Å². The lowest BCUT2D eigenvalue weighted by atomic mass is 9.94. The van der Waals surface area contributed by atoms with Gasteiger partial charge >= 0.3 is 0 Å². The lowest BCUT2D eigenvalue weighted by Crippen LogP contribution is -2.02. The molecule has 0 aliphatic carbocycles. The highest BCUT2D eigenvalue weighted by Gasteiger charge is 2.23. The van der Waals surface area contributed by atoms with Gasteiger partial charge in [0.2, 0.25) is 0 Å². The Bertz CT molecular complexity index is 3860. The summed E-state index contributed by atoms with van der Waals surface area (Å²) >= 11 is 0. The number of para-hydroxylation sites is 2. The third-order valence-electron chi connectivity index (χ3n) is 12.7. The molecule has 0 unspecified atom stereocenters. The van der Waals surface area contributed by atoms with Crippen LogP contribution in [0.1, 0.15) is 0 Å². The van der Waals surface area contributed by atoms with Gasteiger partial charge in [0.25, 0.3) is 0 Å². The van der Waals surface area contributed by atoms with Crippen LogP contribution >= 0.6 is 0 Å². The van der Waals surface area contributed by atoms with Crippen molar-refractivity contribution in [1.82, 2.24) is 19.1 Å². The van der Waals surface area contributed by atoms with Gasteiger partial charge in [0.1, 0.15) is 5.82 Å². The van der Waals surface area contributed by atoms with Crippen LogP contribution in [0.4, 0.5) is 0 Å². The Labute approximate surface area is 357 Å². The molecule has 4 heteroatoms. The minimum absolute atomic E-state index is 0.679. The molecule has 0 bridgehead atoms. The largest absolute Gasteiger partial charge is 0.309 e. The first-order chi connectivity index (χ1) is 30.8. The van der Waals surface area contributed by atoms with E-state index in [1.807, 2.05) is 12.1 Å². The standard InChI is InChI=1S/C58H36N4/c1-3-15-37(16-4-1)38-27-29-40(30-28-38)58-59-51(39-17-5-2-6-18-39)36-55(60-58)62-53-26-14-12-24-49(53)56-54(62)34-33-48-47-23-11-13-25-52(47)61(57(48)56)41-31-32-46-44-21-8-7-19-42(44)43-20-9-10-22-45(43)50(46)35-41/h1-36H. The summed E-state index contributed by atoms with van der Waals surface area (Å²) in [6.45, 7) is 0. The third-order valence-corrected chi connectivity index (χ3v) is 12.7. The number of nitrogens with zero attached hydrogens (tertiary/aromatic N) is 4. The van der Waals surface area contributed by atoms with Gasteiger partial charge in [-0.25, -0.2) is 9.97 Å². The van der Waals surface area contributed by atoms with Gasteiger partial charge in [0.15, 0.2) is 5.82 Å². The predicted molar refractivity (Wildman–Crippen MR) is 260 cm³/mol. The van der Waals surface area contributed by atoms with Crippen molar-refractivity contribution in [3.05, 3.63) is 218 Å². The maximum atomic E-state index is 5.41. The van der Waals surface area contributed by atoms with Gasteiger partial charge in [0.05, 0.1) is 27.8 Å². The Morgan fingerprint density at radius 1 is 0.290 bits per heavy atom. The van der Waals surface area contributed by atoms with E-state index < -0.39 is 0 Å². The predicted octanol–water partition coefficient (Wildman–Crippen LogP) is 15.1. The van der Waals surface area contributed by atoms with E-state index in [4.69, 9.17) is 9.97 Å². The van der Waals surface area contributed by atoms with Gasteiger partial charge in [-0.3, -0.25) is 4.57 Å². The molecule has 0 N–H and O–H groups in total. The molecule has 62 heavy (non-hydrogen) atoms. The molecule has 13 rings (SSSR count). The zero-order valence-corrected chi connectivity index (χ0v) is 33.6. The highest BCUT2D eigenvalue weighted by Crippen LogP contribution is 2.44. The van der Waals surface area contributed by atoms with Crippen molar-refractivity contribution in [2.45, 2.75) is 0 Å². The van der Waals surface area contributed by atoms with Crippen molar-refractivity contribution >= 4 is 75.9 Å². The average Bonchev–Trinajstić information content (AvgIpc) is 3.87. The number of aromatic nitrogens is 4. The topological polar surface area (TPSA) is 35.6 Å². The fraction of sp³-hybridized carbons (Fsp3) is 0. The van der Waals surface area contributed by atoms with Crippen LogP contribution in [0.15, 0.2) is 218 Å². The quantitative estimate of drug-likeness (QED) is 0.163. The molecule has 288 valence electrons. The highest BCUT2D eigenvalue weighted by atomic mass is 15.1. The van der Waals surface area contributed by atoms with Crippen LogP contribution in [0.3, 0.4) is 0 Å². The van der Waals surface area contributed by atoms with E-state index in [-0.39, 0.29) is 0 Å². The SMILES string of the molecule is c1ccc(-c2ccc(-c3nc(-c4ccccc4)cc(-n4c5ccccc5c5c4ccc4c6ccccc6n(-c6ccc7c8ccccc8c8ccccc8c7c6)c45)n3)cc2)cc1. The van der Waals surface area contributed by atoms with E-state index in [2.05, 4.69) is 215 Å². The Morgan fingerprint density at radius 2 is 0.790 bits per heavy atom. The zero-order chi connectivity index (χ0) is 40.7. The Balaban J connectivity index is 1.09. The first-order valence-electron chi connectivity index (χ1n) is 21.2. The molecule has 10 aromatic carbocycles. The molecule has 0 aliphatic heterocycles. The van der Waals surface area contributed by atoms with Gasteiger partial charge in [-0.05, 0) is 73.8 Å². The maximum Gasteiger partial charge on any atom is 0.162 e. The molecule has 0 atom stereocenters. The molecular formula is C58H36N4. The van der Waals surface area contributed by atoms with E-state index in [0.717, 1.165) is 44.9 Å². The summed E-state index contributed by atoms with van der Waals surface area (Å²) in [5.41, 5.74) is 10.9. The van der Waals surface area contributed by atoms with Crippen LogP contribution in [-0.2, 0) is 0 Å². The maximum absolute atomic E-state index is 5.41. The Morgan fingerprint density at radius 3 is 1.47 bits per heavy atom. The zero-order valence-electron chi connectivity index (χ0n) is 33.6. The van der Waals surface area contributed by atoms with Crippen molar-refractivity contribution < 1.29 is 0 Å². The van der Waals surface area contributed by atoms with Gasteiger partial charge in [-0.15, -0.1) is 0 Å². The van der Waals surface area contributed by atoms with Crippen molar-refractivity contribution in [3.8, 4) is 45.3 Å². The molecular weight excluding hydrogens is 753 g/mol. The summed E-state index contributed by atoms with van der Waals surface area (Å²) in [5.74, 6) is 1.50. The van der Waals surface area contributed by atoms with Crippen LogP contribution in [-0.4, -0.2) is 19.1 Å². The van der Waals surface area contributed by atoms with E-state index in [1.165, 1.54) is 70.5 Å². The summed E-state index contributed by atoms with van der Waals surface area (Å²) in [6, 6.07) is 78.5. The fourth-order valence-corrected chi connectivity index (χ4v) is 9.94. The molecule has 3 aromatic heterocycles. The highest BCUT2D eigenvalue weighted by molar-refractivity contribution is 6.28. The molecule has 0 radical (unpaired) electrons. The van der Waals surface area contributed by atoms with E-state index in [1.54, 1.807) is 0 Å². The Hall–Kier alpha value is -8.34. The number of fused-ring (bicyclic) bond motifs is 13. The number of benzene rings is 10. The monoisotopic (exact) mass is 788 g/mol. The van der Waals surface area contributed by atoms with Crippen LogP contribution < -0.4 is 0 Å². The molecule has 4 nitrogen and oxygen atoms in total. The van der Waals surface area contributed by atoms with E-state index in [9.17, 15) is 0 Å². The normalized spacial score (nSPS) is 11.9. The second-order valence-corrected chi connectivity index (χ2v) is 16.1. The van der Waals surface area contributed by atoms with E-state index >= 15 is 0 Å². The Kier molecular flexibility index (Phi) is 7.57. The minimum Gasteiger partial charge on any atom is -0.309 e. The molecule has 0 fully saturated rings. The van der Waals surface area contributed by atoms with Gasteiger partial charge in [0, 0.05) is 44.4 Å². The summed E-state index contributed by atoms with van der Waals surface area (Å²) in [6.07, 6.45) is 0. The molecule has 0 spiro atoms. The van der Waals surface area contributed by atoms with Gasteiger partial charge in [-0.1, -0.05) is 182 Å². The summed E-state index contributed by atoms with van der Waals surface area (Å²) in [4.78, 5) is 10.6. The number of hydrogen-bond donors (Lipinski definition) is 0. The van der Waals surface area contributed by atoms with Gasteiger partial charge < -0.3 is 4.57 Å². The van der Waals surface area contributed by atoms with Gasteiger partial charge in [-0.2, -0.15) is 0 Å². The molecule has 13 aromatic rings. The number of rotatable bonds is 5. The second-order valence-electron chi connectivity index (χ2n) is 16.1. The van der Waals surface area contributed by atoms with Crippen LogP contribution in [0, 0.1) is 0 Å². The van der Waals surface area contributed by atoms with Crippen LogP contribution in [0.25, 0.3) is 121 Å². The van der Waals surface area contributed by atoms with E-state index in [0.29, 0.717) is 5.82 Å². The smallest absolute Gasteiger partial charge is 0.162 e. The first-order valence-corrected chi connectivity index (χ1v) is 21.2. The average molecular weight is 789 g/mol. The minimum atomic E-state index is 0.679. The fourth-order valence-electron chi connectivity index (χ4n) is 9.94. The molecule has 0 saturated heterocycles. The van der Waals surface area contributed by atoms with Crippen molar-refractivity contribution in [3.63, 3.8) is 0 Å². The second kappa shape index (κ2) is 13.6. The summed E-state index contributed by atoms with van der Waals surface area (Å²) < 4.78 is 4.82. The third kappa shape index (κ3) is 5.20. The lowest BCUT2D eigenvalue weighted by molar-refractivity contribution is 1.05. The summed E-state index contributed by atoms with van der Waals surface area (Å²) in [7, 11) is 0. The van der Waals surface area contributed by atoms with Crippen LogP contribution in [0.2, 0.25) is 0 Å².